The minimum atomic E-state index is -0.524. The number of hydrogen-bond acceptors (Lipinski definition) is 3. The highest BCUT2D eigenvalue weighted by Crippen LogP contribution is 2.37. The molecule has 0 amide bonds. The van der Waals surface area contributed by atoms with Gasteiger partial charge in [0.1, 0.15) is 5.60 Å². The summed E-state index contributed by atoms with van der Waals surface area (Å²) in [6, 6.07) is 17.5. The van der Waals surface area contributed by atoms with Crippen LogP contribution in [0.2, 0.25) is 0 Å². The van der Waals surface area contributed by atoms with Gasteiger partial charge in [0.2, 0.25) is 0 Å². The molecule has 0 atom stereocenters. The van der Waals surface area contributed by atoms with Crippen LogP contribution in [0.3, 0.4) is 0 Å². The van der Waals surface area contributed by atoms with E-state index in [2.05, 4.69) is 15.9 Å². The quantitative estimate of drug-likeness (QED) is 0.438. The van der Waals surface area contributed by atoms with Crippen LogP contribution in [-0.2, 0) is 4.74 Å². The predicted octanol–water partition coefficient (Wildman–Crippen LogP) is 5.81. The first-order valence-corrected chi connectivity index (χ1v) is 8.86. The predicted molar refractivity (Wildman–Crippen MR) is 107 cm³/mol. The van der Waals surface area contributed by atoms with Gasteiger partial charge in [0.15, 0.2) is 0 Å². The largest absolute Gasteiger partial charge is 0.456 e. The Balaban J connectivity index is 2.12. The van der Waals surface area contributed by atoms with Gasteiger partial charge < -0.3 is 10.5 Å². The number of esters is 1. The summed E-state index contributed by atoms with van der Waals surface area (Å²) in [5.74, 6) is -0.326. The lowest BCUT2D eigenvalue weighted by molar-refractivity contribution is 0.00696. The molecular weight excluding hydrogens is 378 g/mol. The molecule has 4 heteroatoms. The van der Waals surface area contributed by atoms with Crippen molar-refractivity contribution in [1.29, 1.82) is 0 Å². The second kappa shape index (κ2) is 6.52. The van der Waals surface area contributed by atoms with Crippen molar-refractivity contribution in [3.05, 3.63) is 64.6 Å². The molecule has 0 saturated carbocycles. The van der Waals surface area contributed by atoms with E-state index in [1.807, 2.05) is 69.3 Å². The van der Waals surface area contributed by atoms with Crippen molar-refractivity contribution in [1.82, 2.24) is 0 Å². The first kappa shape index (κ1) is 17.5. The molecule has 3 nitrogen and oxygen atoms in total. The molecule has 0 fully saturated rings. The highest BCUT2D eigenvalue weighted by Gasteiger charge is 2.18. The summed E-state index contributed by atoms with van der Waals surface area (Å²) in [5.41, 5.74) is 8.87. The Morgan fingerprint density at radius 3 is 2.36 bits per heavy atom. The van der Waals surface area contributed by atoms with Crippen LogP contribution in [0.25, 0.3) is 21.9 Å². The molecule has 0 aliphatic rings. The fraction of sp³-hybridized carbons (Fsp3) is 0.190. The molecule has 0 heterocycles. The Kier molecular flexibility index (Phi) is 4.56. The van der Waals surface area contributed by atoms with Gasteiger partial charge in [-0.15, -0.1) is 0 Å². The zero-order chi connectivity index (χ0) is 18.2. The smallest absolute Gasteiger partial charge is 0.338 e. The molecule has 0 unspecified atom stereocenters. The monoisotopic (exact) mass is 397 g/mol. The van der Waals surface area contributed by atoms with Gasteiger partial charge in [0.25, 0.3) is 0 Å². The summed E-state index contributed by atoms with van der Waals surface area (Å²) in [5, 5.41) is 2.03. The van der Waals surface area contributed by atoms with Gasteiger partial charge in [-0.3, -0.25) is 0 Å². The number of benzene rings is 3. The van der Waals surface area contributed by atoms with Crippen molar-refractivity contribution in [3.8, 4) is 11.1 Å². The van der Waals surface area contributed by atoms with Crippen molar-refractivity contribution in [2.24, 2.45) is 0 Å². The van der Waals surface area contributed by atoms with Crippen LogP contribution in [-0.4, -0.2) is 11.6 Å². The zero-order valence-corrected chi connectivity index (χ0v) is 16.1. The summed E-state index contributed by atoms with van der Waals surface area (Å²) >= 11 is 3.54. The summed E-state index contributed by atoms with van der Waals surface area (Å²) in [4.78, 5) is 12.4. The Labute approximate surface area is 155 Å². The van der Waals surface area contributed by atoms with E-state index in [1.165, 1.54) is 0 Å². The fourth-order valence-corrected chi connectivity index (χ4v) is 3.20. The highest BCUT2D eigenvalue weighted by molar-refractivity contribution is 9.10. The third-order valence-electron chi connectivity index (χ3n) is 3.84. The number of nitrogens with two attached hydrogens (primary N) is 1. The molecule has 0 aliphatic carbocycles. The summed E-state index contributed by atoms with van der Waals surface area (Å²) in [6.07, 6.45) is 0. The Bertz CT molecular complexity index is 958. The topological polar surface area (TPSA) is 52.3 Å². The lowest BCUT2D eigenvalue weighted by atomic mass is 9.96. The van der Waals surface area contributed by atoms with Crippen molar-refractivity contribution in [3.63, 3.8) is 0 Å². The van der Waals surface area contributed by atoms with Crippen LogP contribution < -0.4 is 5.73 Å². The first-order chi connectivity index (χ1) is 11.8. The van der Waals surface area contributed by atoms with Gasteiger partial charge in [0, 0.05) is 9.86 Å². The van der Waals surface area contributed by atoms with E-state index in [1.54, 1.807) is 6.07 Å². The van der Waals surface area contributed by atoms with Crippen LogP contribution in [0, 0.1) is 0 Å². The molecule has 2 N–H and O–H groups in total. The number of halogens is 1. The highest BCUT2D eigenvalue weighted by atomic mass is 79.9. The Morgan fingerprint density at radius 1 is 1.00 bits per heavy atom. The zero-order valence-electron chi connectivity index (χ0n) is 14.5. The van der Waals surface area contributed by atoms with E-state index in [0.29, 0.717) is 11.3 Å². The molecule has 0 spiro atoms. The molecule has 3 aromatic rings. The molecule has 128 valence electrons. The summed E-state index contributed by atoms with van der Waals surface area (Å²) < 4.78 is 6.31. The van der Waals surface area contributed by atoms with Crippen LogP contribution in [0.4, 0.5) is 5.69 Å². The number of hydrogen-bond donors (Lipinski definition) is 1. The minimum absolute atomic E-state index is 0.326. The van der Waals surface area contributed by atoms with Crippen LogP contribution in [0.1, 0.15) is 31.1 Å². The molecule has 3 rings (SSSR count). The summed E-state index contributed by atoms with van der Waals surface area (Å²) in [6.45, 7) is 5.58. The number of rotatable bonds is 2. The lowest BCUT2D eigenvalue weighted by Crippen LogP contribution is -2.23. The standard InChI is InChI=1S/C21H20BrNO2/c1-21(2,3)25-20(24)14-8-6-7-13(11-14)17-12-18(22)19(23)16-10-5-4-9-15(16)17/h4-12H,23H2,1-3H3. The number of carbonyl (C=O) groups is 1. The van der Waals surface area contributed by atoms with Crippen LogP contribution in [0.15, 0.2) is 59.1 Å². The first-order valence-electron chi connectivity index (χ1n) is 8.07. The Hall–Kier alpha value is -2.33. The van der Waals surface area contributed by atoms with Gasteiger partial charge in [0.05, 0.1) is 11.3 Å². The molecule has 0 bridgehead atoms. The molecule has 3 aromatic carbocycles. The molecule has 0 saturated heterocycles. The van der Waals surface area contributed by atoms with Crippen LogP contribution in [0.5, 0.6) is 0 Å². The van der Waals surface area contributed by atoms with Gasteiger partial charge in [-0.05, 0) is 71.4 Å². The number of carbonyl (C=O) groups excluding carboxylic acids is 1. The average Bonchev–Trinajstić information content (AvgIpc) is 2.57. The second-order valence-corrected chi connectivity index (χ2v) is 7.80. The van der Waals surface area contributed by atoms with E-state index in [0.717, 1.165) is 26.4 Å². The molecule has 0 aromatic heterocycles. The van der Waals surface area contributed by atoms with Gasteiger partial charge in [-0.2, -0.15) is 0 Å². The number of nitrogen functional groups attached to an aromatic ring is 1. The van der Waals surface area contributed by atoms with Crippen molar-refractivity contribution in [2.45, 2.75) is 26.4 Å². The lowest BCUT2D eigenvalue weighted by Gasteiger charge is -2.19. The Morgan fingerprint density at radius 2 is 1.68 bits per heavy atom. The third-order valence-corrected chi connectivity index (χ3v) is 4.50. The average molecular weight is 398 g/mol. The molecular formula is C21H20BrNO2. The van der Waals surface area contributed by atoms with E-state index < -0.39 is 5.60 Å². The molecule has 0 aliphatic heterocycles. The van der Waals surface area contributed by atoms with Gasteiger partial charge in [-0.25, -0.2) is 4.79 Å². The maximum Gasteiger partial charge on any atom is 0.338 e. The second-order valence-electron chi connectivity index (χ2n) is 6.95. The van der Waals surface area contributed by atoms with Crippen molar-refractivity contribution >= 4 is 38.4 Å². The molecule has 0 radical (unpaired) electrons. The SMILES string of the molecule is CC(C)(C)OC(=O)c1cccc(-c2cc(Br)c(N)c3ccccc23)c1. The van der Waals surface area contributed by atoms with Gasteiger partial charge >= 0.3 is 5.97 Å². The fourth-order valence-electron chi connectivity index (χ4n) is 2.75. The van der Waals surface area contributed by atoms with E-state index >= 15 is 0 Å². The number of ether oxygens (including phenoxy) is 1. The van der Waals surface area contributed by atoms with Crippen molar-refractivity contribution < 1.29 is 9.53 Å². The maximum atomic E-state index is 12.4. The van der Waals surface area contributed by atoms with E-state index in [-0.39, 0.29) is 5.97 Å². The van der Waals surface area contributed by atoms with Gasteiger partial charge in [-0.1, -0.05) is 36.4 Å². The van der Waals surface area contributed by atoms with E-state index in [9.17, 15) is 4.79 Å². The summed E-state index contributed by atoms with van der Waals surface area (Å²) in [7, 11) is 0. The number of fused-ring (bicyclic) bond motifs is 1. The van der Waals surface area contributed by atoms with Crippen molar-refractivity contribution in [2.75, 3.05) is 5.73 Å². The third kappa shape index (κ3) is 3.69. The normalized spacial score (nSPS) is 11.5. The van der Waals surface area contributed by atoms with E-state index in [4.69, 9.17) is 10.5 Å². The number of anilines is 1. The molecule has 25 heavy (non-hydrogen) atoms. The van der Waals surface area contributed by atoms with Crippen LogP contribution >= 0.6 is 15.9 Å². The maximum absolute atomic E-state index is 12.4. The minimum Gasteiger partial charge on any atom is -0.456 e.